The van der Waals surface area contributed by atoms with Crippen molar-refractivity contribution in [3.05, 3.63) is 29.4 Å². The Labute approximate surface area is 122 Å². The highest BCUT2D eigenvalue weighted by atomic mass is 35.5. The van der Waals surface area contributed by atoms with Crippen molar-refractivity contribution in [1.29, 1.82) is 0 Å². The number of rotatable bonds is 2. The SMILES string of the molecule is CC(C)n1c(-c2cnn(C)c2N)nc2ccc(Cl)cc21. The molecule has 0 aliphatic carbocycles. The molecular formula is C14H16ClN5. The summed E-state index contributed by atoms with van der Waals surface area (Å²) in [7, 11) is 1.82. The van der Waals surface area contributed by atoms with Crippen LogP contribution >= 0.6 is 11.6 Å². The lowest BCUT2D eigenvalue weighted by Crippen LogP contribution is -2.05. The zero-order valence-corrected chi connectivity index (χ0v) is 12.4. The molecule has 0 spiro atoms. The first kappa shape index (κ1) is 13.0. The van der Waals surface area contributed by atoms with Crippen molar-refractivity contribution in [3.8, 4) is 11.4 Å². The van der Waals surface area contributed by atoms with Crippen LogP contribution in [-0.4, -0.2) is 19.3 Å². The molecule has 0 aliphatic rings. The molecule has 1 aromatic carbocycles. The molecule has 0 amide bonds. The summed E-state index contributed by atoms with van der Waals surface area (Å²) < 4.78 is 3.78. The van der Waals surface area contributed by atoms with Crippen LogP contribution in [0.4, 0.5) is 5.82 Å². The zero-order valence-electron chi connectivity index (χ0n) is 11.6. The Morgan fingerprint density at radius 1 is 1.30 bits per heavy atom. The second kappa shape index (κ2) is 4.52. The van der Waals surface area contributed by atoms with Gasteiger partial charge in [0.25, 0.3) is 0 Å². The average Bonchev–Trinajstić information content (AvgIpc) is 2.91. The van der Waals surface area contributed by atoms with E-state index in [-0.39, 0.29) is 6.04 Å². The van der Waals surface area contributed by atoms with Gasteiger partial charge >= 0.3 is 0 Å². The lowest BCUT2D eigenvalue weighted by Gasteiger charge is -2.12. The number of halogens is 1. The van der Waals surface area contributed by atoms with Gasteiger partial charge in [-0.25, -0.2) is 4.98 Å². The van der Waals surface area contributed by atoms with E-state index >= 15 is 0 Å². The maximum Gasteiger partial charge on any atom is 0.146 e. The first-order valence-corrected chi connectivity index (χ1v) is 6.82. The van der Waals surface area contributed by atoms with E-state index in [0.717, 1.165) is 22.4 Å². The third-order valence-electron chi connectivity index (χ3n) is 3.39. The lowest BCUT2D eigenvalue weighted by molar-refractivity contribution is 0.624. The first-order chi connectivity index (χ1) is 9.49. The second-order valence-electron chi connectivity index (χ2n) is 5.10. The molecule has 0 bridgehead atoms. The van der Waals surface area contributed by atoms with Gasteiger partial charge in [-0.15, -0.1) is 0 Å². The number of benzene rings is 1. The maximum absolute atomic E-state index is 6.10. The fourth-order valence-corrected chi connectivity index (χ4v) is 2.56. The van der Waals surface area contributed by atoms with Gasteiger partial charge in [-0.05, 0) is 32.0 Å². The molecule has 0 radical (unpaired) electrons. The summed E-state index contributed by atoms with van der Waals surface area (Å²) in [5.74, 6) is 1.43. The third kappa shape index (κ3) is 1.86. The van der Waals surface area contributed by atoms with Crippen molar-refractivity contribution in [3.63, 3.8) is 0 Å². The van der Waals surface area contributed by atoms with E-state index in [1.54, 1.807) is 10.9 Å². The van der Waals surface area contributed by atoms with Gasteiger partial charge in [0.1, 0.15) is 11.6 Å². The van der Waals surface area contributed by atoms with Crippen LogP contribution in [0, 0.1) is 0 Å². The smallest absolute Gasteiger partial charge is 0.146 e. The van der Waals surface area contributed by atoms with Crippen LogP contribution < -0.4 is 5.73 Å². The highest BCUT2D eigenvalue weighted by Crippen LogP contribution is 2.32. The normalized spacial score (nSPS) is 11.7. The van der Waals surface area contributed by atoms with Gasteiger partial charge in [0, 0.05) is 18.1 Å². The van der Waals surface area contributed by atoms with Gasteiger partial charge in [0.15, 0.2) is 0 Å². The molecule has 3 rings (SSSR count). The number of hydrogen-bond donors (Lipinski definition) is 1. The summed E-state index contributed by atoms with van der Waals surface area (Å²) >= 11 is 6.10. The molecule has 2 aromatic heterocycles. The highest BCUT2D eigenvalue weighted by Gasteiger charge is 2.19. The molecule has 20 heavy (non-hydrogen) atoms. The van der Waals surface area contributed by atoms with Crippen LogP contribution in [0.1, 0.15) is 19.9 Å². The minimum absolute atomic E-state index is 0.244. The van der Waals surface area contributed by atoms with Gasteiger partial charge in [-0.1, -0.05) is 11.6 Å². The number of nitrogens with zero attached hydrogens (tertiary/aromatic N) is 4. The molecule has 0 aliphatic heterocycles. The minimum atomic E-state index is 0.244. The summed E-state index contributed by atoms with van der Waals surface area (Å²) in [6.45, 7) is 4.22. The molecular weight excluding hydrogens is 274 g/mol. The van der Waals surface area contributed by atoms with Crippen molar-refractivity contribution in [2.75, 3.05) is 5.73 Å². The Bertz CT molecular complexity index is 784. The number of hydrogen-bond acceptors (Lipinski definition) is 3. The fourth-order valence-electron chi connectivity index (χ4n) is 2.40. The van der Waals surface area contributed by atoms with Crippen molar-refractivity contribution < 1.29 is 0 Å². The van der Waals surface area contributed by atoms with Crippen LogP contribution in [0.25, 0.3) is 22.4 Å². The summed E-state index contributed by atoms with van der Waals surface area (Å²) in [6.07, 6.45) is 1.75. The largest absolute Gasteiger partial charge is 0.383 e. The first-order valence-electron chi connectivity index (χ1n) is 6.44. The third-order valence-corrected chi connectivity index (χ3v) is 3.63. The van der Waals surface area contributed by atoms with Crippen LogP contribution in [0.2, 0.25) is 5.02 Å². The van der Waals surface area contributed by atoms with Crippen molar-refractivity contribution in [1.82, 2.24) is 19.3 Å². The number of nitrogen functional groups attached to an aromatic ring is 1. The van der Waals surface area contributed by atoms with Crippen LogP contribution in [0.5, 0.6) is 0 Å². The number of imidazole rings is 1. The summed E-state index contributed by atoms with van der Waals surface area (Å²) in [5, 5.41) is 4.89. The van der Waals surface area contributed by atoms with Gasteiger partial charge < -0.3 is 10.3 Å². The highest BCUT2D eigenvalue weighted by molar-refractivity contribution is 6.31. The van der Waals surface area contributed by atoms with Crippen molar-refractivity contribution in [2.24, 2.45) is 7.05 Å². The van der Waals surface area contributed by atoms with Crippen LogP contribution in [-0.2, 0) is 7.05 Å². The molecule has 0 atom stereocenters. The van der Waals surface area contributed by atoms with Crippen LogP contribution in [0.3, 0.4) is 0 Å². The number of fused-ring (bicyclic) bond motifs is 1. The maximum atomic E-state index is 6.10. The predicted molar refractivity (Wildman–Crippen MR) is 81.7 cm³/mol. The van der Waals surface area contributed by atoms with Gasteiger partial charge in [-0.3, -0.25) is 4.68 Å². The van der Waals surface area contributed by atoms with Gasteiger partial charge in [0.05, 0.1) is 22.8 Å². The molecule has 0 unspecified atom stereocenters. The van der Waals surface area contributed by atoms with Crippen molar-refractivity contribution >= 4 is 28.5 Å². The van der Waals surface area contributed by atoms with E-state index in [9.17, 15) is 0 Å². The Kier molecular flexibility index (Phi) is 2.94. The van der Waals surface area contributed by atoms with E-state index in [1.165, 1.54) is 0 Å². The summed E-state index contributed by atoms with van der Waals surface area (Å²) in [6, 6.07) is 5.94. The number of nitrogens with two attached hydrogens (primary N) is 1. The summed E-state index contributed by atoms with van der Waals surface area (Å²) in [4.78, 5) is 4.69. The summed E-state index contributed by atoms with van der Waals surface area (Å²) in [5.41, 5.74) is 8.83. The molecule has 0 fully saturated rings. The molecule has 0 saturated heterocycles. The Morgan fingerprint density at radius 2 is 2.05 bits per heavy atom. The zero-order chi connectivity index (χ0) is 14.4. The second-order valence-corrected chi connectivity index (χ2v) is 5.54. The van der Waals surface area contributed by atoms with E-state index in [0.29, 0.717) is 10.8 Å². The monoisotopic (exact) mass is 289 g/mol. The fraction of sp³-hybridized carbons (Fsp3) is 0.286. The Morgan fingerprint density at radius 3 is 2.65 bits per heavy atom. The number of anilines is 1. The van der Waals surface area contributed by atoms with Crippen LogP contribution in [0.15, 0.2) is 24.4 Å². The molecule has 2 N–H and O–H groups in total. The predicted octanol–water partition coefficient (Wildman–Crippen LogP) is 3.25. The van der Waals surface area contributed by atoms with E-state index in [2.05, 4.69) is 23.5 Å². The number of aryl methyl sites for hydroxylation is 1. The quantitative estimate of drug-likeness (QED) is 0.788. The molecule has 6 heteroatoms. The van der Waals surface area contributed by atoms with Gasteiger partial charge in [0.2, 0.25) is 0 Å². The van der Waals surface area contributed by atoms with E-state index in [1.807, 2.05) is 25.2 Å². The lowest BCUT2D eigenvalue weighted by atomic mass is 10.2. The van der Waals surface area contributed by atoms with Crippen molar-refractivity contribution in [2.45, 2.75) is 19.9 Å². The Hall–Kier alpha value is -2.01. The van der Waals surface area contributed by atoms with E-state index in [4.69, 9.17) is 22.3 Å². The minimum Gasteiger partial charge on any atom is -0.383 e. The van der Waals surface area contributed by atoms with E-state index < -0.39 is 0 Å². The molecule has 104 valence electrons. The molecule has 2 heterocycles. The van der Waals surface area contributed by atoms with Gasteiger partial charge in [-0.2, -0.15) is 5.10 Å². The average molecular weight is 290 g/mol. The molecule has 5 nitrogen and oxygen atoms in total. The molecule has 3 aromatic rings. The topological polar surface area (TPSA) is 61.7 Å². The Balaban J connectivity index is 2.35. The molecule has 0 saturated carbocycles. The standard InChI is InChI=1S/C14H16ClN5/c1-8(2)20-12-6-9(15)4-5-11(12)18-14(20)10-7-17-19(3)13(10)16/h4-8H,16H2,1-3H3. The number of aromatic nitrogens is 4.